The van der Waals surface area contributed by atoms with E-state index in [4.69, 9.17) is 4.74 Å². The van der Waals surface area contributed by atoms with Crippen LogP contribution in [0.5, 0.6) is 5.88 Å². The molecule has 1 aliphatic heterocycles. The second kappa shape index (κ2) is 2.74. The van der Waals surface area contributed by atoms with E-state index in [0.29, 0.717) is 0 Å². The van der Waals surface area contributed by atoms with E-state index in [1.54, 1.807) is 18.9 Å². The minimum Gasteiger partial charge on any atom is -0.481 e. The van der Waals surface area contributed by atoms with E-state index in [1.165, 1.54) is 5.56 Å². The third-order valence-electron chi connectivity index (χ3n) is 1.73. The van der Waals surface area contributed by atoms with E-state index in [1.807, 2.05) is 6.07 Å². The molecule has 2 heterocycles. The number of rotatable bonds is 1. The van der Waals surface area contributed by atoms with Gasteiger partial charge in [0.1, 0.15) is 5.03 Å². The van der Waals surface area contributed by atoms with Crippen molar-refractivity contribution in [2.24, 2.45) is 0 Å². The van der Waals surface area contributed by atoms with Crippen LogP contribution >= 0.6 is 11.8 Å². The highest BCUT2D eigenvalue weighted by Gasteiger charge is 2.12. The van der Waals surface area contributed by atoms with Crippen molar-refractivity contribution in [2.75, 3.05) is 12.9 Å². The Labute approximate surface area is 70.0 Å². The van der Waals surface area contributed by atoms with Gasteiger partial charge in [-0.05, 0) is 12.0 Å². The summed E-state index contributed by atoms with van der Waals surface area (Å²) < 4.78 is 5.01. The first-order chi connectivity index (χ1) is 5.40. The van der Waals surface area contributed by atoms with Gasteiger partial charge in [-0.3, -0.25) is 0 Å². The maximum Gasteiger partial charge on any atom is 0.213 e. The van der Waals surface area contributed by atoms with Gasteiger partial charge in [-0.2, -0.15) is 0 Å². The zero-order chi connectivity index (χ0) is 7.68. The molecule has 2 rings (SSSR count). The molecule has 11 heavy (non-hydrogen) atoms. The number of nitrogens with zero attached hydrogens (tertiary/aromatic N) is 1. The van der Waals surface area contributed by atoms with Gasteiger partial charge in [0.15, 0.2) is 0 Å². The molecule has 0 unspecified atom stereocenters. The first-order valence-corrected chi connectivity index (χ1v) is 4.55. The quantitative estimate of drug-likeness (QED) is 0.636. The summed E-state index contributed by atoms with van der Waals surface area (Å²) in [4.78, 5) is 4.31. The van der Waals surface area contributed by atoms with Crippen molar-refractivity contribution in [3.8, 4) is 5.88 Å². The minimum atomic E-state index is 0.721. The fourth-order valence-electron chi connectivity index (χ4n) is 1.14. The topological polar surface area (TPSA) is 22.1 Å². The van der Waals surface area contributed by atoms with E-state index in [-0.39, 0.29) is 0 Å². The Kier molecular flexibility index (Phi) is 1.74. The lowest BCUT2D eigenvalue weighted by atomic mass is 10.2. The Morgan fingerprint density at radius 3 is 3.27 bits per heavy atom. The van der Waals surface area contributed by atoms with Crippen molar-refractivity contribution in [1.29, 1.82) is 0 Å². The van der Waals surface area contributed by atoms with Gasteiger partial charge in [0, 0.05) is 11.8 Å². The minimum absolute atomic E-state index is 0.721. The summed E-state index contributed by atoms with van der Waals surface area (Å²) in [6.07, 6.45) is 1.15. The average molecular weight is 167 g/mol. The van der Waals surface area contributed by atoms with Crippen LogP contribution in [0.15, 0.2) is 17.2 Å². The smallest absolute Gasteiger partial charge is 0.213 e. The van der Waals surface area contributed by atoms with Gasteiger partial charge >= 0.3 is 0 Å². The fourth-order valence-corrected chi connectivity index (χ4v) is 2.16. The van der Waals surface area contributed by atoms with Gasteiger partial charge in [0.25, 0.3) is 0 Å². The van der Waals surface area contributed by atoms with E-state index in [9.17, 15) is 0 Å². The highest BCUT2D eigenvalue weighted by atomic mass is 32.2. The first kappa shape index (κ1) is 6.98. The lowest BCUT2D eigenvalue weighted by molar-refractivity contribution is 0.394. The lowest BCUT2D eigenvalue weighted by Crippen LogP contribution is -1.89. The van der Waals surface area contributed by atoms with Crippen LogP contribution in [0.25, 0.3) is 0 Å². The molecule has 0 N–H and O–H groups in total. The number of ether oxygens (including phenoxy) is 1. The molecule has 0 atom stereocenters. The summed E-state index contributed by atoms with van der Waals surface area (Å²) in [6, 6.07) is 4.02. The van der Waals surface area contributed by atoms with Crippen molar-refractivity contribution in [1.82, 2.24) is 4.98 Å². The van der Waals surface area contributed by atoms with Crippen LogP contribution in [0.2, 0.25) is 0 Å². The lowest BCUT2D eigenvalue weighted by Gasteiger charge is -2.00. The van der Waals surface area contributed by atoms with Crippen LogP contribution in [-0.2, 0) is 6.42 Å². The third kappa shape index (κ3) is 1.20. The van der Waals surface area contributed by atoms with Crippen LogP contribution in [0.4, 0.5) is 0 Å². The predicted octanol–water partition coefficient (Wildman–Crippen LogP) is 1.74. The zero-order valence-electron chi connectivity index (χ0n) is 6.33. The SMILES string of the molecule is COc1ccc2c(n1)SCC2. The Balaban J connectivity index is 2.41. The molecular weight excluding hydrogens is 158 g/mol. The van der Waals surface area contributed by atoms with Crippen molar-refractivity contribution in [3.63, 3.8) is 0 Å². The normalized spacial score (nSPS) is 14.6. The Morgan fingerprint density at radius 1 is 1.55 bits per heavy atom. The summed E-state index contributed by atoms with van der Waals surface area (Å²) in [7, 11) is 1.65. The summed E-state index contributed by atoms with van der Waals surface area (Å²) in [5.74, 6) is 1.88. The van der Waals surface area contributed by atoms with Gasteiger partial charge in [-0.25, -0.2) is 4.98 Å². The van der Waals surface area contributed by atoms with E-state index in [2.05, 4.69) is 11.1 Å². The maximum atomic E-state index is 5.01. The van der Waals surface area contributed by atoms with Crippen molar-refractivity contribution in [3.05, 3.63) is 17.7 Å². The number of hydrogen-bond acceptors (Lipinski definition) is 3. The highest BCUT2D eigenvalue weighted by Crippen LogP contribution is 2.30. The standard InChI is InChI=1S/C8H9NOS/c1-10-7-3-2-6-4-5-11-8(6)9-7/h2-3H,4-5H2,1H3. The monoisotopic (exact) mass is 167 g/mol. The molecule has 0 aliphatic carbocycles. The second-order valence-electron chi connectivity index (χ2n) is 2.42. The van der Waals surface area contributed by atoms with Crippen LogP contribution in [0, 0.1) is 0 Å². The van der Waals surface area contributed by atoms with Crippen molar-refractivity contribution >= 4 is 11.8 Å². The highest BCUT2D eigenvalue weighted by molar-refractivity contribution is 7.99. The van der Waals surface area contributed by atoms with Gasteiger partial charge in [-0.1, -0.05) is 6.07 Å². The predicted molar refractivity (Wildman–Crippen MR) is 45.2 cm³/mol. The molecule has 0 fully saturated rings. The summed E-state index contributed by atoms with van der Waals surface area (Å²) in [6.45, 7) is 0. The molecule has 0 amide bonds. The number of thioether (sulfide) groups is 1. The average Bonchev–Trinajstić information content (AvgIpc) is 2.50. The van der Waals surface area contributed by atoms with Crippen molar-refractivity contribution < 1.29 is 4.74 Å². The summed E-state index contributed by atoms with van der Waals surface area (Å²) in [5.41, 5.74) is 1.36. The zero-order valence-corrected chi connectivity index (χ0v) is 7.15. The number of pyridine rings is 1. The molecular formula is C8H9NOS. The van der Waals surface area contributed by atoms with Gasteiger partial charge in [-0.15, -0.1) is 11.8 Å². The molecule has 0 radical (unpaired) electrons. The van der Waals surface area contributed by atoms with Crippen molar-refractivity contribution in [2.45, 2.75) is 11.4 Å². The molecule has 2 nitrogen and oxygen atoms in total. The molecule has 1 aliphatic rings. The van der Waals surface area contributed by atoms with Gasteiger partial charge < -0.3 is 4.74 Å². The second-order valence-corrected chi connectivity index (χ2v) is 3.50. The van der Waals surface area contributed by atoms with Gasteiger partial charge in [0.05, 0.1) is 7.11 Å². The number of fused-ring (bicyclic) bond motifs is 1. The molecule has 0 aromatic carbocycles. The third-order valence-corrected chi connectivity index (χ3v) is 2.77. The fraction of sp³-hybridized carbons (Fsp3) is 0.375. The van der Waals surface area contributed by atoms with E-state index < -0.39 is 0 Å². The Hall–Kier alpha value is -0.700. The van der Waals surface area contributed by atoms with E-state index in [0.717, 1.165) is 23.1 Å². The Morgan fingerprint density at radius 2 is 2.45 bits per heavy atom. The first-order valence-electron chi connectivity index (χ1n) is 3.57. The largest absolute Gasteiger partial charge is 0.481 e. The van der Waals surface area contributed by atoms with Crippen LogP contribution in [0.1, 0.15) is 5.56 Å². The number of hydrogen-bond donors (Lipinski definition) is 0. The van der Waals surface area contributed by atoms with Crippen LogP contribution < -0.4 is 4.74 Å². The number of aromatic nitrogens is 1. The summed E-state index contributed by atoms with van der Waals surface area (Å²) >= 11 is 1.81. The molecule has 58 valence electrons. The molecule has 0 saturated heterocycles. The molecule has 0 spiro atoms. The molecule has 3 heteroatoms. The molecule has 0 saturated carbocycles. The van der Waals surface area contributed by atoms with E-state index >= 15 is 0 Å². The molecule has 1 aromatic heterocycles. The van der Waals surface area contributed by atoms with Gasteiger partial charge in [0.2, 0.25) is 5.88 Å². The van der Waals surface area contributed by atoms with Crippen LogP contribution in [0.3, 0.4) is 0 Å². The van der Waals surface area contributed by atoms with Crippen LogP contribution in [-0.4, -0.2) is 17.8 Å². The number of aryl methyl sites for hydroxylation is 1. The molecule has 0 bridgehead atoms. The molecule has 1 aromatic rings. The Bertz CT molecular complexity index is 275. The summed E-state index contributed by atoms with van der Waals surface area (Å²) in [5, 5.41) is 1.14. The maximum absolute atomic E-state index is 5.01. The number of methoxy groups -OCH3 is 1.